The lowest BCUT2D eigenvalue weighted by molar-refractivity contribution is -0.133. The summed E-state index contributed by atoms with van der Waals surface area (Å²) in [7, 11) is 1.40. The molecule has 0 atom stereocenters. The monoisotopic (exact) mass is 643 g/mol. The summed E-state index contributed by atoms with van der Waals surface area (Å²) in [5, 5.41) is 0.672. The Labute approximate surface area is 278 Å². The minimum atomic E-state index is -0.325. The van der Waals surface area contributed by atoms with Crippen molar-refractivity contribution >= 4 is 35.1 Å². The summed E-state index contributed by atoms with van der Waals surface area (Å²) < 4.78 is 4.86. The molecule has 2 heterocycles. The number of likely N-dealkylation sites (tertiary alicyclic amines) is 2. The van der Waals surface area contributed by atoms with Gasteiger partial charge in [-0.15, -0.1) is 0 Å². The number of ether oxygens (including phenoxy) is 1. The molecule has 3 aromatic carbocycles. The number of carbonyl (C=O) groups excluding carboxylic acids is 3. The van der Waals surface area contributed by atoms with Crippen molar-refractivity contribution < 1.29 is 19.1 Å². The van der Waals surface area contributed by atoms with Crippen LogP contribution in [0.5, 0.6) is 0 Å². The zero-order chi connectivity index (χ0) is 32.6. The number of hydrogen-bond donors (Lipinski definition) is 0. The zero-order valence-corrected chi connectivity index (χ0v) is 28.1. The van der Waals surface area contributed by atoms with E-state index in [0.29, 0.717) is 49.0 Å². The van der Waals surface area contributed by atoms with Gasteiger partial charge in [-0.1, -0.05) is 54.1 Å². The Hall–Kier alpha value is -3.68. The fourth-order valence-corrected chi connectivity index (χ4v) is 6.93. The number of piperidine rings is 2. The van der Waals surface area contributed by atoms with Gasteiger partial charge in [0.2, 0.25) is 11.8 Å². The van der Waals surface area contributed by atoms with Gasteiger partial charge < -0.3 is 19.4 Å². The highest BCUT2D eigenvalue weighted by atomic mass is 35.5. The van der Waals surface area contributed by atoms with Crippen LogP contribution in [0.1, 0.15) is 60.5 Å². The number of amides is 2. The van der Waals surface area contributed by atoms with E-state index in [1.165, 1.54) is 12.7 Å². The highest BCUT2D eigenvalue weighted by Crippen LogP contribution is 2.29. The third kappa shape index (κ3) is 8.56. The van der Waals surface area contributed by atoms with Crippen LogP contribution in [0.3, 0.4) is 0 Å². The van der Waals surface area contributed by atoms with E-state index in [0.717, 1.165) is 67.7 Å². The van der Waals surface area contributed by atoms with Gasteiger partial charge >= 0.3 is 5.97 Å². The number of halogens is 1. The molecule has 7 nitrogen and oxygen atoms in total. The molecule has 2 fully saturated rings. The average Bonchev–Trinajstić information content (AvgIpc) is 3.08. The molecule has 0 N–H and O–H groups in total. The van der Waals surface area contributed by atoms with E-state index in [9.17, 15) is 14.4 Å². The molecular weight excluding hydrogens is 598 g/mol. The first-order chi connectivity index (χ1) is 22.2. The molecule has 0 radical (unpaired) electrons. The van der Waals surface area contributed by atoms with Crippen molar-refractivity contribution in [3.63, 3.8) is 0 Å². The molecule has 244 valence electrons. The minimum Gasteiger partial charge on any atom is -0.465 e. The summed E-state index contributed by atoms with van der Waals surface area (Å²) in [4.78, 5) is 43.8. The molecule has 2 saturated heterocycles. The molecule has 2 aliphatic heterocycles. The van der Waals surface area contributed by atoms with Crippen LogP contribution < -0.4 is 4.90 Å². The molecule has 0 saturated carbocycles. The fourth-order valence-electron chi connectivity index (χ4n) is 6.75. The Morgan fingerprint density at radius 2 is 1.61 bits per heavy atom. The Bertz CT molecular complexity index is 1510. The number of esters is 1. The maximum Gasteiger partial charge on any atom is 0.337 e. The lowest BCUT2D eigenvalue weighted by Gasteiger charge is -2.35. The van der Waals surface area contributed by atoms with Gasteiger partial charge in [-0.05, 0) is 118 Å². The summed E-state index contributed by atoms with van der Waals surface area (Å²) >= 11 is 6.48. The van der Waals surface area contributed by atoms with Crippen molar-refractivity contribution in [2.24, 2.45) is 11.8 Å². The van der Waals surface area contributed by atoms with Gasteiger partial charge in [0, 0.05) is 43.2 Å². The normalized spacial score (nSPS) is 16.3. The number of aryl methyl sites for hydroxylation is 1. The van der Waals surface area contributed by atoms with E-state index >= 15 is 0 Å². The summed E-state index contributed by atoms with van der Waals surface area (Å²) in [6.45, 7) is 8.59. The highest BCUT2D eigenvalue weighted by molar-refractivity contribution is 6.31. The van der Waals surface area contributed by atoms with Crippen LogP contribution in [0.25, 0.3) is 11.1 Å². The number of anilines is 1. The lowest BCUT2D eigenvalue weighted by Crippen LogP contribution is -2.45. The average molecular weight is 644 g/mol. The molecule has 2 aliphatic rings. The predicted octanol–water partition coefficient (Wildman–Crippen LogP) is 7.04. The van der Waals surface area contributed by atoms with E-state index in [-0.39, 0.29) is 23.7 Å². The smallest absolute Gasteiger partial charge is 0.337 e. The predicted molar refractivity (Wildman–Crippen MR) is 184 cm³/mol. The van der Waals surface area contributed by atoms with Crippen LogP contribution in [-0.2, 0) is 20.7 Å². The van der Waals surface area contributed by atoms with Crippen molar-refractivity contribution in [1.82, 2.24) is 9.80 Å². The van der Waals surface area contributed by atoms with Gasteiger partial charge in [0.25, 0.3) is 0 Å². The number of rotatable bonds is 10. The van der Waals surface area contributed by atoms with Crippen LogP contribution in [0.15, 0.2) is 66.7 Å². The first kappa shape index (κ1) is 33.7. The molecule has 46 heavy (non-hydrogen) atoms. The van der Waals surface area contributed by atoms with Gasteiger partial charge in [0.05, 0.1) is 12.7 Å². The first-order valence-electron chi connectivity index (χ1n) is 16.5. The van der Waals surface area contributed by atoms with Gasteiger partial charge in [-0.25, -0.2) is 4.79 Å². The molecule has 0 bridgehead atoms. The number of nitrogens with zero attached hydrogens (tertiary/aromatic N) is 3. The van der Waals surface area contributed by atoms with E-state index < -0.39 is 0 Å². The largest absolute Gasteiger partial charge is 0.465 e. The van der Waals surface area contributed by atoms with E-state index in [2.05, 4.69) is 29.2 Å². The van der Waals surface area contributed by atoms with E-state index in [1.54, 1.807) is 13.0 Å². The summed E-state index contributed by atoms with van der Waals surface area (Å²) in [5.74, 6) is 0.469. The quantitative estimate of drug-likeness (QED) is 0.222. The van der Waals surface area contributed by atoms with Crippen LogP contribution in [0, 0.1) is 18.8 Å². The Morgan fingerprint density at radius 3 is 2.26 bits per heavy atom. The SMILES string of the molecule is COC(=O)c1cccc(-c2ccc(CC3CCN(CCCN(C(=O)C4CCN(C(C)=O)CC4)c4ccc(C)c(Cl)c4)CC3)cc2)c1. The van der Waals surface area contributed by atoms with Crippen LogP contribution >= 0.6 is 11.6 Å². The lowest BCUT2D eigenvalue weighted by atomic mass is 9.89. The second kappa shape index (κ2) is 15.7. The van der Waals surface area contributed by atoms with E-state index in [4.69, 9.17) is 16.3 Å². The van der Waals surface area contributed by atoms with Gasteiger partial charge in [0.15, 0.2) is 0 Å². The molecule has 0 aromatic heterocycles. The maximum absolute atomic E-state index is 13.8. The highest BCUT2D eigenvalue weighted by Gasteiger charge is 2.30. The second-order valence-electron chi connectivity index (χ2n) is 12.8. The second-order valence-corrected chi connectivity index (χ2v) is 13.2. The fraction of sp³-hybridized carbons (Fsp3) is 0.447. The number of methoxy groups -OCH3 is 1. The molecule has 2 amide bonds. The summed E-state index contributed by atoms with van der Waals surface area (Å²) in [5.41, 5.74) is 5.85. The van der Waals surface area contributed by atoms with Crippen molar-refractivity contribution in [3.05, 3.63) is 88.4 Å². The number of carbonyl (C=O) groups is 3. The molecule has 0 aliphatic carbocycles. The van der Waals surface area contributed by atoms with Gasteiger partial charge in [-0.2, -0.15) is 0 Å². The van der Waals surface area contributed by atoms with Gasteiger partial charge in [0.1, 0.15) is 0 Å². The Balaban J connectivity index is 1.11. The molecular formula is C38H46ClN3O4. The van der Waals surface area contributed by atoms with Crippen molar-refractivity contribution in [1.29, 1.82) is 0 Å². The van der Waals surface area contributed by atoms with E-state index in [1.807, 2.05) is 53.1 Å². The van der Waals surface area contributed by atoms with Crippen molar-refractivity contribution in [2.45, 2.75) is 52.4 Å². The standard InChI is InChI=1S/C38H46ClN3O4/c1-27-8-13-35(26-36(27)39)42(37(44)32-16-22-41(23-17-32)28(2)43)19-5-18-40-20-14-30(15-21-40)24-29-9-11-31(12-10-29)33-6-4-7-34(25-33)38(45)46-3/h4,6-13,25-26,30,32H,5,14-24H2,1-3H3. The van der Waals surface area contributed by atoms with Gasteiger partial charge in [-0.3, -0.25) is 9.59 Å². The molecule has 8 heteroatoms. The van der Waals surface area contributed by atoms with Crippen molar-refractivity contribution in [2.75, 3.05) is 51.3 Å². The van der Waals surface area contributed by atoms with Crippen LogP contribution in [-0.4, -0.2) is 74.0 Å². The molecule has 0 unspecified atom stereocenters. The molecule has 0 spiro atoms. The topological polar surface area (TPSA) is 70.2 Å². The zero-order valence-electron chi connectivity index (χ0n) is 27.3. The third-order valence-electron chi connectivity index (χ3n) is 9.68. The first-order valence-corrected chi connectivity index (χ1v) is 16.9. The Morgan fingerprint density at radius 1 is 0.891 bits per heavy atom. The molecule has 3 aromatic rings. The Kier molecular flexibility index (Phi) is 11.5. The number of benzene rings is 3. The third-order valence-corrected chi connectivity index (χ3v) is 10.1. The van der Waals surface area contributed by atoms with Crippen LogP contribution in [0.2, 0.25) is 5.02 Å². The summed E-state index contributed by atoms with van der Waals surface area (Å²) in [6.07, 6.45) is 5.68. The maximum atomic E-state index is 13.8. The minimum absolute atomic E-state index is 0.0782. The van der Waals surface area contributed by atoms with Crippen LogP contribution in [0.4, 0.5) is 5.69 Å². The number of hydrogen-bond acceptors (Lipinski definition) is 5. The van der Waals surface area contributed by atoms with Crippen molar-refractivity contribution in [3.8, 4) is 11.1 Å². The summed E-state index contributed by atoms with van der Waals surface area (Å²) in [6, 6.07) is 22.1. The molecule has 5 rings (SSSR count).